The average Bonchev–Trinajstić information content (AvgIpc) is 3.09. The summed E-state index contributed by atoms with van der Waals surface area (Å²) in [6.45, 7) is 4.61. The first-order chi connectivity index (χ1) is 16.1. The van der Waals surface area contributed by atoms with Crippen LogP contribution in [0.25, 0.3) is 10.9 Å². The molecule has 172 valence electrons. The van der Waals surface area contributed by atoms with E-state index in [0.717, 1.165) is 25.4 Å². The molecule has 2 atom stereocenters. The second-order valence-corrected chi connectivity index (χ2v) is 11.0. The number of alkyl halides is 1. The highest BCUT2D eigenvalue weighted by Crippen LogP contribution is 2.64. The van der Waals surface area contributed by atoms with Gasteiger partial charge in [-0.3, -0.25) is 9.80 Å². The lowest BCUT2D eigenvalue weighted by atomic mass is 9.48. The predicted molar refractivity (Wildman–Crippen MR) is 131 cm³/mol. The molecule has 3 heterocycles. The molecule has 5 heteroatoms. The molecule has 0 unspecified atom stereocenters. The van der Waals surface area contributed by atoms with Crippen LogP contribution in [0.15, 0.2) is 48.5 Å². The van der Waals surface area contributed by atoms with E-state index in [2.05, 4.69) is 75.6 Å². The molecule has 1 aromatic heterocycles. The van der Waals surface area contributed by atoms with E-state index < -0.39 is 0 Å². The van der Waals surface area contributed by atoms with Crippen molar-refractivity contribution in [3.63, 3.8) is 0 Å². The number of likely N-dealkylation sites (tertiary alicyclic amines) is 1. The van der Waals surface area contributed by atoms with Crippen LogP contribution >= 0.6 is 0 Å². The Hall–Kier alpha value is -2.37. The minimum absolute atomic E-state index is 0.254. The summed E-state index contributed by atoms with van der Waals surface area (Å²) in [6.07, 6.45) is 5.25. The van der Waals surface area contributed by atoms with Gasteiger partial charge in [-0.1, -0.05) is 30.3 Å². The van der Waals surface area contributed by atoms with Gasteiger partial charge in [-0.05, 0) is 67.9 Å². The molecule has 0 amide bonds. The Morgan fingerprint density at radius 1 is 1.06 bits per heavy atom. The number of rotatable bonds is 6. The first kappa shape index (κ1) is 20.0. The van der Waals surface area contributed by atoms with Gasteiger partial charge in [0.15, 0.2) is 0 Å². The molecular formula is C28H33FN4. The van der Waals surface area contributed by atoms with Crippen LogP contribution in [0.3, 0.4) is 0 Å². The zero-order valence-corrected chi connectivity index (χ0v) is 19.4. The number of aromatic amines is 1. The number of fused-ring (bicyclic) bond motifs is 3. The SMILES string of the molecule is C[C@@H]1Cc2c([nH]c3ccccc23)[C@@H](c2ccc(NC3CN(CCF)C3)cc2)N1C12CC(C1)C2. The first-order valence-corrected chi connectivity index (χ1v) is 12.7. The molecule has 0 radical (unpaired) electrons. The number of hydrogen-bond acceptors (Lipinski definition) is 3. The van der Waals surface area contributed by atoms with Crippen molar-refractivity contribution >= 4 is 16.6 Å². The van der Waals surface area contributed by atoms with Crippen LogP contribution in [0.1, 0.15) is 49.0 Å². The summed E-state index contributed by atoms with van der Waals surface area (Å²) in [5, 5.41) is 5.02. The minimum Gasteiger partial charge on any atom is -0.380 e. The van der Waals surface area contributed by atoms with Crippen LogP contribution in [0.2, 0.25) is 0 Å². The van der Waals surface area contributed by atoms with E-state index in [1.165, 1.54) is 52.7 Å². The van der Waals surface area contributed by atoms with E-state index >= 15 is 0 Å². The van der Waals surface area contributed by atoms with E-state index in [1.807, 2.05) is 0 Å². The lowest BCUT2D eigenvalue weighted by Crippen LogP contribution is -2.71. The third-order valence-corrected chi connectivity index (χ3v) is 8.88. The van der Waals surface area contributed by atoms with Gasteiger partial charge in [-0.15, -0.1) is 0 Å². The largest absolute Gasteiger partial charge is 0.380 e. The van der Waals surface area contributed by atoms with Crippen LogP contribution in [0.5, 0.6) is 0 Å². The summed E-state index contributed by atoms with van der Waals surface area (Å²) >= 11 is 0. The molecule has 4 fully saturated rings. The highest BCUT2D eigenvalue weighted by atomic mass is 19.1. The summed E-state index contributed by atoms with van der Waals surface area (Å²) in [7, 11) is 0. The molecule has 0 spiro atoms. The Bertz CT molecular complexity index is 1160. The van der Waals surface area contributed by atoms with Crippen molar-refractivity contribution in [1.29, 1.82) is 0 Å². The monoisotopic (exact) mass is 444 g/mol. The number of hydrogen-bond donors (Lipinski definition) is 2. The number of anilines is 1. The molecule has 8 rings (SSSR count). The second kappa shape index (κ2) is 7.31. The van der Waals surface area contributed by atoms with Crippen molar-refractivity contribution in [2.24, 2.45) is 5.92 Å². The highest BCUT2D eigenvalue weighted by Gasteiger charge is 2.63. The standard InChI is InChI=1S/C28H33FN4/c1-18-12-24-23-4-2-3-5-25(23)31-26(24)27(33(18)28-13-19(14-28)15-28)20-6-8-21(9-7-20)30-22-16-32(17-22)11-10-29/h2-9,18-19,22,27,30-31H,10-17H2,1H3/t18-,19?,27-,28?/m1/s1. The molecular weight excluding hydrogens is 411 g/mol. The fourth-order valence-electron chi connectivity index (χ4n) is 7.24. The lowest BCUT2D eigenvalue weighted by Gasteiger charge is -2.70. The van der Waals surface area contributed by atoms with Crippen molar-refractivity contribution in [1.82, 2.24) is 14.8 Å². The maximum atomic E-state index is 12.5. The van der Waals surface area contributed by atoms with Crippen LogP contribution in [-0.4, -0.2) is 58.7 Å². The average molecular weight is 445 g/mol. The molecule has 3 saturated carbocycles. The zero-order chi connectivity index (χ0) is 22.2. The molecule has 2 N–H and O–H groups in total. The van der Waals surface area contributed by atoms with Crippen molar-refractivity contribution in [2.75, 3.05) is 31.6 Å². The van der Waals surface area contributed by atoms with Crippen LogP contribution in [-0.2, 0) is 6.42 Å². The molecule has 4 nitrogen and oxygen atoms in total. The molecule has 2 aliphatic heterocycles. The normalized spacial score (nSPS) is 31.5. The van der Waals surface area contributed by atoms with E-state index in [0.29, 0.717) is 24.2 Å². The van der Waals surface area contributed by atoms with Gasteiger partial charge in [0.25, 0.3) is 0 Å². The quantitative estimate of drug-likeness (QED) is 0.554. The van der Waals surface area contributed by atoms with Crippen LogP contribution in [0, 0.1) is 5.92 Å². The fourth-order valence-corrected chi connectivity index (χ4v) is 7.24. The number of nitrogens with zero attached hydrogens (tertiary/aromatic N) is 2. The molecule has 2 aromatic carbocycles. The lowest BCUT2D eigenvalue weighted by molar-refractivity contribution is -0.174. The topological polar surface area (TPSA) is 34.3 Å². The summed E-state index contributed by atoms with van der Waals surface area (Å²) < 4.78 is 12.5. The predicted octanol–water partition coefficient (Wildman–Crippen LogP) is 5.12. The van der Waals surface area contributed by atoms with Gasteiger partial charge in [0, 0.05) is 53.5 Å². The van der Waals surface area contributed by atoms with Crippen molar-refractivity contribution in [3.05, 3.63) is 65.4 Å². The number of halogens is 1. The van der Waals surface area contributed by atoms with Crippen molar-refractivity contribution in [2.45, 2.75) is 56.3 Å². The molecule has 33 heavy (non-hydrogen) atoms. The molecule has 3 aliphatic carbocycles. The Labute approximate surface area is 195 Å². The molecule has 1 saturated heterocycles. The van der Waals surface area contributed by atoms with Gasteiger partial charge in [0.2, 0.25) is 0 Å². The molecule has 5 aliphatic rings. The number of H-pyrrole nitrogens is 1. The third kappa shape index (κ3) is 3.01. The Kier molecular flexibility index (Phi) is 4.44. The van der Waals surface area contributed by atoms with Gasteiger partial charge in [0.1, 0.15) is 6.67 Å². The van der Waals surface area contributed by atoms with E-state index in [-0.39, 0.29) is 12.7 Å². The van der Waals surface area contributed by atoms with Gasteiger partial charge >= 0.3 is 0 Å². The highest BCUT2D eigenvalue weighted by molar-refractivity contribution is 5.85. The Morgan fingerprint density at radius 3 is 2.52 bits per heavy atom. The number of benzene rings is 2. The first-order valence-electron chi connectivity index (χ1n) is 12.7. The van der Waals surface area contributed by atoms with Gasteiger partial charge < -0.3 is 10.3 Å². The Balaban J connectivity index is 1.22. The number of aromatic nitrogens is 1. The maximum Gasteiger partial charge on any atom is 0.102 e. The zero-order valence-electron chi connectivity index (χ0n) is 19.4. The van der Waals surface area contributed by atoms with E-state index in [9.17, 15) is 4.39 Å². The van der Waals surface area contributed by atoms with Crippen LogP contribution in [0.4, 0.5) is 10.1 Å². The summed E-state index contributed by atoms with van der Waals surface area (Å²) in [6, 6.07) is 19.2. The summed E-state index contributed by atoms with van der Waals surface area (Å²) in [4.78, 5) is 8.87. The summed E-state index contributed by atoms with van der Waals surface area (Å²) in [5.41, 5.74) is 7.14. The third-order valence-electron chi connectivity index (χ3n) is 8.88. The number of nitrogens with one attached hydrogen (secondary N) is 2. The van der Waals surface area contributed by atoms with Gasteiger partial charge in [0.05, 0.1) is 12.1 Å². The fraction of sp³-hybridized carbons (Fsp3) is 0.500. The molecule has 3 aromatic rings. The van der Waals surface area contributed by atoms with E-state index in [4.69, 9.17) is 0 Å². The summed E-state index contributed by atoms with van der Waals surface area (Å²) in [5.74, 6) is 0.966. The van der Waals surface area contributed by atoms with Crippen molar-refractivity contribution in [3.8, 4) is 0 Å². The smallest absolute Gasteiger partial charge is 0.102 e. The Morgan fingerprint density at radius 2 is 1.82 bits per heavy atom. The van der Waals surface area contributed by atoms with Crippen molar-refractivity contribution < 1.29 is 4.39 Å². The maximum absolute atomic E-state index is 12.5. The number of para-hydroxylation sites is 1. The minimum atomic E-state index is -0.254. The van der Waals surface area contributed by atoms with Gasteiger partial charge in [-0.2, -0.15) is 0 Å². The van der Waals surface area contributed by atoms with Gasteiger partial charge in [-0.25, -0.2) is 4.39 Å². The van der Waals surface area contributed by atoms with Crippen LogP contribution < -0.4 is 5.32 Å². The molecule has 2 bridgehead atoms. The van der Waals surface area contributed by atoms with E-state index in [1.54, 1.807) is 0 Å². The second-order valence-electron chi connectivity index (χ2n) is 11.0.